The van der Waals surface area contributed by atoms with Crippen LogP contribution in [0, 0.1) is 6.92 Å². The van der Waals surface area contributed by atoms with Crippen LogP contribution in [0.15, 0.2) is 24.3 Å². The lowest BCUT2D eigenvalue weighted by atomic mass is 10.2. The molecule has 0 aliphatic rings. The van der Waals surface area contributed by atoms with Gasteiger partial charge in [0.15, 0.2) is 0 Å². The van der Waals surface area contributed by atoms with Crippen LogP contribution < -0.4 is 10.6 Å². The Morgan fingerprint density at radius 2 is 1.95 bits per heavy atom. The number of rotatable bonds is 7. The number of anilines is 1. The third kappa shape index (κ3) is 5.41. The summed E-state index contributed by atoms with van der Waals surface area (Å²) >= 11 is 0. The van der Waals surface area contributed by atoms with Crippen molar-refractivity contribution in [3.63, 3.8) is 0 Å². The van der Waals surface area contributed by atoms with E-state index < -0.39 is 0 Å². The molecule has 0 unspecified atom stereocenters. The van der Waals surface area contributed by atoms with E-state index in [4.69, 9.17) is 10.5 Å². The molecule has 106 valence electrons. The summed E-state index contributed by atoms with van der Waals surface area (Å²) in [5.74, 6) is -0.0222. The first-order valence-electron chi connectivity index (χ1n) is 6.73. The zero-order valence-corrected chi connectivity index (χ0v) is 12.1. The Morgan fingerprint density at radius 3 is 2.47 bits per heavy atom. The first-order chi connectivity index (χ1) is 9.04. The molecule has 1 aromatic rings. The Balaban J connectivity index is 2.75. The number of hydrogen-bond acceptors (Lipinski definition) is 3. The third-order valence-corrected chi connectivity index (χ3v) is 2.77. The monoisotopic (exact) mass is 264 g/mol. The molecule has 2 N–H and O–H groups in total. The molecule has 1 aromatic carbocycles. The molecular weight excluding hydrogens is 240 g/mol. The standard InChI is InChI=1S/C15H24N2O2/c1-12(2)19-11-15(18)17(10-4-9-16)14-7-5-13(3)6-8-14/h5-8,12H,4,9-11,16H2,1-3H3. The van der Waals surface area contributed by atoms with E-state index in [1.807, 2.05) is 45.0 Å². The molecule has 4 heteroatoms. The normalized spacial score (nSPS) is 10.8. The molecule has 19 heavy (non-hydrogen) atoms. The number of carbonyl (C=O) groups excluding carboxylic acids is 1. The van der Waals surface area contributed by atoms with E-state index in [1.165, 1.54) is 5.56 Å². The van der Waals surface area contributed by atoms with Crippen molar-refractivity contribution in [3.8, 4) is 0 Å². The van der Waals surface area contributed by atoms with Crippen molar-refractivity contribution >= 4 is 11.6 Å². The van der Waals surface area contributed by atoms with Crippen LogP contribution in [0.4, 0.5) is 5.69 Å². The molecule has 1 rings (SSSR count). The van der Waals surface area contributed by atoms with E-state index in [2.05, 4.69) is 0 Å². The molecule has 1 amide bonds. The third-order valence-electron chi connectivity index (χ3n) is 2.77. The van der Waals surface area contributed by atoms with E-state index >= 15 is 0 Å². The number of benzene rings is 1. The smallest absolute Gasteiger partial charge is 0.252 e. The van der Waals surface area contributed by atoms with Crippen LogP contribution in [0.3, 0.4) is 0 Å². The number of aryl methyl sites for hydroxylation is 1. The Hall–Kier alpha value is -1.39. The zero-order chi connectivity index (χ0) is 14.3. The number of nitrogens with two attached hydrogens (primary N) is 1. The Morgan fingerprint density at radius 1 is 1.32 bits per heavy atom. The minimum atomic E-state index is -0.0222. The molecule has 0 aliphatic carbocycles. The first-order valence-corrected chi connectivity index (χ1v) is 6.73. The van der Waals surface area contributed by atoms with Crippen molar-refractivity contribution in [2.75, 3.05) is 24.6 Å². The van der Waals surface area contributed by atoms with Crippen LogP contribution in [0.2, 0.25) is 0 Å². The highest BCUT2D eigenvalue weighted by Gasteiger charge is 2.15. The van der Waals surface area contributed by atoms with Crippen molar-refractivity contribution < 1.29 is 9.53 Å². The van der Waals surface area contributed by atoms with Crippen molar-refractivity contribution in [2.45, 2.75) is 33.3 Å². The van der Waals surface area contributed by atoms with Gasteiger partial charge in [-0.15, -0.1) is 0 Å². The molecule has 0 aliphatic heterocycles. The van der Waals surface area contributed by atoms with Crippen LogP contribution in [0.5, 0.6) is 0 Å². The summed E-state index contributed by atoms with van der Waals surface area (Å²) < 4.78 is 5.39. The number of amides is 1. The highest BCUT2D eigenvalue weighted by atomic mass is 16.5. The average Bonchev–Trinajstić information content (AvgIpc) is 2.38. The Bertz CT molecular complexity index is 388. The fraction of sp³-hybridized carbons (Fsp3) is 0.533. The summed E-state index contributed by atoms with van der Waals surface area (Å²) in [5, 5.41) is 0. The highest BCUT2D eigenvalue weighted by molar-refractivity contribution is 5.94. The van der Waals surface area contributed by atoms with E-state index in [9.17, 15) is 4.79 Å². The summed E-state index contributed by atoms with van der Waals surface area (Å²) in [4.78, 5) is 13.9. The van der Waals surface area contributed by atoms with E-state index in [0.717, 1.165) is 12.1 Å². The molecule has 0 saturated carbocycles. The average molecular weight is 264 g/mol. The van der Waals surface area contributed by atoms with Crippen LogP contribution >= 0.6 is 0 Å². The number of nitrogens with zero attached hydrogens (tertiary/aromatic N) is 1. The largest absolute Gasteiger partial charge is 0.369 e. The van der Waals surface area contributed by atoms with Crippen LogP contribution in [-0.4, -0.2) is 31.7 Å². The van der Waals surface area contributed by atoms with Gasteiger partial charge in [-0.05, 0) is 45.9 Å². The van der Waals surface area contributed by atoms with Gasteiger partial charge >= 0.3 is 0 Å². The minimum Gasteiger partial charge on any atom is -0.369 e. The second kappa shape index (κ2) is 7.92. The maximum Gasteiger partial charge on any atom is 0.252 e. The lowest BCUT2D eigenvalue weighted by molar-refractivity contribution is -0.124. The Kier molecular flexibility index (Phi) is 6.53. The number of carbonyl (C=O) groups is 1. The SMILES string of the molecule is Cc1ccc(N(CCCN)C(=O)COC(C)C)cc1. The van der Waals surface area contributed by atoms with Gasteiger partial charge in [-0.2, -0.15) is 0 Å². The molecule has 0 saturated heterocycles. The lowest BCUT2D eigenvalue weighted by Gasteiger charge is -2.23. The molecule has 0 radical (unpaired) electrons. The molecule has 0 atom stereocenters. The zero-order valence-electron chi connectivity index (χ0n) is 12.1. The van der Waals surface area contributed by atoms with Crippen LogP contribution in [0.25, 0.3) is 0 Å². The number of ether oxygens (including phenoxy) is 1. The summed E-state index contributed by atoms with van der Waals surface area (Å²) in [7, 11) is 0. The highest BCUT2D eigenvalue weighted by Crippen LogP contribution is 2.16. The van der Waals surface area contributed by atoms with E-state index in [1.54, 1.807) is 4.90 Å². The van der Waals surface area contributed by atoms with Gasteiger partial charge in [-0.3, -0.25) is 4.79 Å². The molecule has 0 bridgehead atoms. The van der Waals surface area contributed by atoms with Crippen LogP contribution in [-0.2, 0) is 9.53 Å². The second-order valence-corrected chi connectivity index (χ2v) is 4.88. The molecular formula is C15H24N2O2. The van der Waals surface area contributed by atoms with Gasteiger partial charge in [0.1, 0.15) is 6.61 Å². The predicted octanol–water partition coefficient (Wildman–Crippen LogP) is 2.10. The fourth-order valence-electron chi connectivity index (χ4n) is 1.69. The van der Waals surface area contributed by atoms with Gasteiger partial charge in [-0.25, -0.2) is 0 Å². The van der Waals surface area contributed by atoms with Gasteiger partial charge in [0, 0.05) is 12.2 Å². The van der Waals surface area contributed by atoms with Gasteiger partial charge in [-0.1, -0.05) is 17.7 Å². The van der Waals surface area contributed by atoms with Gasteiger partial charge in [0.25, 0.3) is 5.91 Å². The summed E-state index contributed by atoms with van der Waals surface area (Å²) in [6.07, 6.45) is 0.833. The quantitative estimate of drug-likeness (QED) is 0.820. The topological polar surface area (TPSA) is 55.6 Å². The maximum atomic E-state index is 12.2. The van der Waals surface area contributed by atoms with Crippen LogP contribution in [0.1, 0.15) is 25.8 Å². The van der Waals surface area contributed by atoms with Gasteiger partial charge in [0.05, 0.1) is 6.10 Å². The van der Waals surface area contributed by atoms with Crippen molar-refractivity contribution in [1.29, 1.82) is 0 Å². The fourth-order valence-corrected chi connectivity index (χ4v) is 1.69. The maximum absolute atomic E-state index is 12.2. The molecule has 0 spiro atoms. The number of hydrogen-bond donors (Lipinski definition) is 1. The molecule has 0 aromatic heterocycles. The predicted molar refractivity (Wildman–Crippen MR) is 78.3 cm³/mol. The summed E-state index contributed by atoms with van der Waals surface area (Å²) in [6.45, 7) is 7.17. The van der Waals surface area contributed by atoms with E-state index in [0.29, 0.717) is 13.1 Å². The van der Waals surface area contributed by atoms with Gasteiger partial charge < -0.3 is 15.4 Å². The molecule has 4 nitrogen and oxygen atoms in total. The summed E-state index contributed by atoms with van der Waals surface area (Å²) in [5.41, 5.74) is 7.61. The van der Waals surface area contributed by atoms with E-state index in [-0.39, 0.29) is 18.6 Å². The summed E-state index contributed by atoms with van der Waals surface area (Å²) in [6, 6.07) is 7.92. The first kappa shape index (κ1) is 15.7. The van der Waals surface area contributed by atoms with Gasteiger partial charge in [0.2, 0.25) is 0 Å². The lowest BCUT2D eigenvalue weighted by Crippen LogP contribution is -2.36. The minimum absolute atomic E-state index is 0.0222. The Labute approximate surface area is 115 Å². The van der Waals surface area contributed by atoms with Crippen molar-refractivity contribution in [2.24, 2.45) is 5.73 Å². The van der Waals surface area contributed by atoms with Crippen molar-refractivity contribution in [1.82, 2.24) is 0 Å². The van der Waals surface area contributed by atoms with Crippen molar-refractivity contribution in [3.05, 3.63) is 29.8 Å². The molecule has 0 heterocycles. The molecule has 0 fully saturated rings. The second-order valence-electron chi connectivity index (χ2n) is 4.88.